The Balaban J connectivity index is 2.14. The summed E-state index contributed by atoms with van der Waals surface area (Å²) in [6.07, 6.45) is 0.718. The Morgan fingerprint density at radius 2 is 1.60 bits per heavy atom. The smallest absolute Gasteiger partial charge is 0.265 e. The average molecular weight is 632 g/mol. The summed E-state index contributed by atoms with van der Waals surface area (Å²) in [6.45, 7) is 5.34. The lowest BCUT2D eigenvalue weighted by Crippen LogP contribution is -2.51. The molecule has 0 saturated heterocycles. The molecule has 1 atom stereocenters. The van der Waals surface area contributed by atoms with Crippen LogP contribution in [-0.2, 0) is 26.2 Å². The predicted molar refractivity (Wildman–Crippen MR) is 167 cm³/mol. The summed E-state index contributed by atoms with van der Waals surface area (Å²) >= 11 is 6.30. The molecule has 3 aromatic carbocycles. The summed E-state index contributed by atoms with van der Waals surface area (Å²) in [5.41, 5.74) is 1.82. The lowest BCUT2D eigenvalue weighted by atomic mass is 10.1. The summed E-state index contributed by atoms with van der Waals surface area (Å²) < 4.78 is 45.5. The van der Waals surface area contributed by atoms with Gasteiger partial charge in [0.2, 0.25) is 11.8 Å². The zero-order valence-corrected chi connectivity index (χ0v) is 26.8. The topological polar surface area (TPSA) is 114 Å². The van der Waals surface area contributed by atoms with Crippen LogP contribution in [0.1, 0.15) is 31.4 Å². The van der Waals surface area contributed by atoms with Gasteiger partial charge in [0.25, 0.3) is 10.0 Å². The van der Waals surface area contributed by atoms with E-state index in [4.69, 9.17) is 25.8 Å². The van der Waals surface area contributed by atoms with Gasteiger partial charge in [0, 0.05) is 24.2 Å². The first kappa shape index (κ1) is 33.5. The van der Waals surface area contributed by atoms with Crippen molar-refractivity contribution in [3.63, 3.8) is 0 Å². The highest BCUT2D eigenvalue weighted by Crippen LogP contribution is 2.37. The van der Waals surface area contributed by atoms with Crippen LogP contribution in [0.3, 0.4) is 0 Å². The summed E-state index contributed by atoms with van der Waals surface area (Å²) in [5, 5.41) is 3.06. The van der Waals surface area contributed by atoms with Crippen LogP contribution in [0.5, 0.6) is 17.2 Å². The van der Waals surface area contributed by atoms with Crippen LogP contribution in [0.15, 0.2) is 65.6 Å². The van der Waals surface area contributed by atoms with E-state index < -0.39 is 28.5 Å². The van der Waals surface area contributed by atoms with Crippen molar-refractivity contribution < 1.29 is 32.2 Å². The predicted octanol–water partition coefficient (Wildman–Crippen LogP) is 4.81. The standard InChI is InChI=1S/C31H38ClN3O7S/c1-7-15-33-31(37)22(3)34(19-23-10-8-9-21(2)16-23)30(36)20-35(26-17-24(32)11-13-27(26)40-4)43(38,39)25-12-14-28(41-5)29(18-25)42-6/h8-14,16-18,22H,7,15,19-20H2,1-6H3,(H,33,37). The van der Waals surface area contributed by atoms with Crippen molar-refractivity contribution in [2.45, 2.75) is 44.7 Å². The quantitative estimate of drug-likeness (QED) is 0.271. The second-order valence-corrected chi connectivity index (χ2v) is 12.1. The Labute approximate surface area is 258 Å². The molecule has 10 nitrogen and oxygen atoms in total. The monoisotopic (exact) mass is 631 g/mol. The molecule has 0 fully saturated rings. The third kappa shape index (κ3) is 8.11. The van der Waals surface area contributed by atoms with Crippen LogP contribution in [0, 0.1) is 6.92 Å². The molecular formula is C31H38ClN3O7S. The zero-order valence-electron chi connectivity index (χ0n) is 25.2. The Morgan fingerprint density at radius 1 is 0.930 bits per heavy atom. The van der Waals surface area contributed by atoms with Crippen LogP contribution >= 0.6 is 11.6 Å². The minimum Gasteiger partial charge on any atom is -0.495 e. The highest BCUT2D eigenvalue weighted by Gasteiger charge is 2.34. The number of nitrogens with one attached hydrogen (secondary N) is 1. The molecule has 0 aliphatic rings. The molecular weight excluding hydrogens is 594 g/mol. The van der Waals surface area contributed by atoms with Gasteiger partial charge in [0.1, 0.15) is 18.3 Å². The van der Waals surface area contributed by atoms with E-state index in [1.807, 2.05) is 38.1 Å². The fraction of sp³-hybridized carbons (Fsp3) is 0.355. The molecule has 3 aromatic rings. The Kier molecular flexibility index (Phi) is 11.7. The van der Waals surface area contributed by atoms with Crippen molar-refractivity contribution in [3.8, 4) is 17.2 Å². The van der Waals surface area contributed by atoms with Crippen molar-refractivity contribution >= 4 is 39.1 Å². The second-order valence-electron chi connectivity index (χ2n) is 9.82. The molecule has 12 heteroatoms. The van der Waals surface area contributed by atoms with Gasteiger partial charge in [0.15, 0.2) is 11.5 Å². The largest absolute Gasteiger partial charge is 0.495 e. The normalized spacial score (nSPS) is 11.8. The minimum absolute atomic E-state index is 0.0525. The van der Waals surface area contributed by atoms with E-state index in [0.717, 1.165) is 21.9 Å². The fourth-order valence-electron chi connectivity index (χ4n) is 4.46. The number of halogens is 1. The number of sulfonamides is 1. The van der Waals surface area contributed by atoms with Gasteiger partial charge < -0.3 is 24.4 Å². The van der Waals surface area contributed by atoms with Crippen molar-refractivity contribution in [3.05, 3.63) is 76.8 Å². The number of nitrogens with zero attached hydrogens (tertiary/aromatic N) is 2. The second kappa shape index (κ2) is 15.0. The van der Waals surface area contributed by atoms with Gasteiger partial charge in [-0.2, -0.15) is 0 Å². The number of amides is 2. The van der Waals surface area contributed by atoms with E-state index >= 15 is 0 Å². The van der Waals surface area contributed by atoms with Crippen LogP contribution in [0.2, 0.25) is 5.02 Å². The summed E-state index contributed by atoms with van der Waals surface area (Å²) in [4.78, 5) is 28.4. The van der Waals surface area contributed by atoms with Crippen molar-refractivity contribution in [1.29, 1.82) is 0 Å². The highest BCUT2D eigenvalue weighted by molar-refractivity contribution is 7.92. The number of hydrogen-bond donors (Lipinski definition) is 1. The van der Waals surface area contributed by atoms with Gasteiger partial charge in [-0.05, 0) is 56.2 Å². The molecule has 1 unspecified atom stereocenters. The molecule has 0 spiro atoms. The van der Waals surface area contributed by atoms with E-state index in [2.05, 4.69) is 5.32 Å². The average Bonchev–Trinajstić information content (AvgIpc) is 3.00. The van der Waals surface area contributed by atoms with Crippen LogP contribution in [0.4, 0.5) is 5.69 Å². The van der Waals surface area contributed by atoms with Crippen LogP contribution in [0.25, 0.3) is 0 Å². The zero-order chi connectivity index (χ0) is 31.7. The number of methoxy groups -OCH3 is 3. The van der Waals surface area contributed by atoms with E-state index in [-0.39, 0.29) is 39.6 Å². The molecule has 2 amide bonds. The third-order valence-electron chi connectivity index (χ3n) is 6.78. The summed E-state index contributed by atoms with van der Waals surface area (Å²) in [7, 11) is -0.198. The molecule has 1 N–H and O–H groups in total. The van der Waals surface area contributed by atoms with Gasteiger partial charge in [-0.3, -0.25) is 13.9 Å². The van der Waals surface area contributed by atoms with Gasteiger partial charge in [-0.1, -0.05) is 48.4 Å². The van der Waals surface area contributed by atoms with Crippen molar-refractivity contribution in [2.75, 3.05) is 38.7 Å². The first-order valence-corrected chi connectivity index (χ1v) is 15.5. The fourth-order valence-corrected chi connectivity index (χ4v) is 6.06. The number of hydrogen-bond acceptors (Lipinski definition) is 7. The number of benzene rings is 3. The Bertz CT molecular complexity index is 1550. The number of carbonyl (C=O) groups excluding carboxylic acids is 2. The summed E-state index contributed by atoms with van der Waals surface area (Å²) in [6, 6.07) is 15.3. The maximum atomic E-state index is 14.3. The number of ether oxygens (including phenoxy) is 3. The Hall–Kier alpha value is -3.96. The minimum atomic E-state index is -4.42. The van der Waals surface area contributed by atoms with Gasteiger partial charge in [0.05, 0.1) is 31.9 Å². The molecule has 0 radical (unpaired) electrons. The molecule has 3 rings (SSSR count). The number of aryl methyl sites for hydroxylation is 1. The molecule has 0 bridgehead atoms. The van der Waals surface area contributed by atoms with Crippen LogP contribution in [-0.4, -0.2) is 65.6 Å². The molecule has 0 aliphatic carbocycles. The summed E-state index contributed by atoms with van der Waals surface area (Å²) in [5.74, 6) is -0.250. The van der Waals surface area contributed by atoms with Crippen molar-refractivity contribution in [2.24, 2.45) is 0 Å². The lowest BCUT2D eigenvalue weighted by molar-refractivity contribution is -0.139. The molecule has 0 aromatic heterocycles. The van der Waals surface area contributed by atoms with Gasteiger partial charge in [-0.25, -0.2) is 8.42 Å². The van der Waals surface area contributed by atoms with Crippen LogP contribution < -0.4 is 23.8 Å². The van der Waals surface area contributed by atoms with E-state index in [9.17, 15) is 18.0 Å². The van der Waals surface area contributed by atoms with Gasteiger partial charge >= 0.3 is 0 Å². The third-order valence-corrected chi connectivity index (χ3v) is 8.77. The van der Waals surface area contributed by atoms with Gasteiger partial charge in [-0.15, -0.1) is 0 Å². The van der Waals surface area contributed by atoms with E-state index in [1.54, 1.807) is 13.0 Å². The number of rotatable bonds is 14. The molecule has 43 heavy (non-hydrogen) atoms. The maximum Gasteiger partial charge on any atom is 0.265 e. The first-order valence-electron chi connectivity index (χ1n) is 13.7. The van der Waals surface area contributed by atoms with E-state index in [1.165, 1.54) is 56.6 Å². The lowest BCUT2D eigenvalue weighted by Gasteiger charge is -2.32. The maximum absolute atomic E-state index is 14.3. The highest BCUT2D eigenvalue weighted by atomic mass is 35.5. The molecule has 0 heterocycles. The SMILES string of the molecule is CCCNC(=O)C(C)N(Cc1cccc(C)c1)C(=O)CN(c1cc(Cl)ccc1OC)S(=O)(=O)c1ccc(OC)c(OC)c1. The number of carbonyl (C=O) groups is 2. The Morgan fingerprint density at radius 3 is 2.23 bits per heavy atom. The molecule has 232 valence electrons. The first-order chi connectivity index (χ1) is 20.5. The molecule has 0 saturated carbocycles. The molecule has 0 aliphatic heterocycles. The number of anilines is 1. The van der Waals surface area contributed by atoms with Crippen molar-refractivity contribution in [1.82, 2.24) is 10.2 Å². The van der Waals surface area contributed by atoms with E-state index in [0.29, 0.717) is 12.3 Å².